The van der Waals surface area contributed by atoms with Gasteiger partial charge in [-0.15, -0.1) is 0 Å². The highest BCUT2D eigenvalue weighted by Gasteiger charge is 2.07. The van der Waals surface area contributed by atoms with Crippen molar-refractivity contribution in [3.8, 4) is 5.75 Å². The molecule has 6 heteroatoms. The summed E-state index contributed by atoms with van der Waals surface area (Å²) in [6, 6.07) is 16.9. The van der Waals surface area contributed by atoms with Crippen LogP contribution in [0.4, 0.5) is 4.79 Å². The maximum absolute atomic E-state index is 11.7. The summed E-state index contributed by atoms with van der Waals surface area (Å²) in [7, 11) is 0. The standard InChI is InChI=1S/C20H24N2O4/c1-3-15(2)17-9-11-18(12-10-17)25-14-19(23)21-22-20(24)26-13-16-7-5-4-6-8-16/h4-12,15H,3,13-14H2,1-2H3,(H,21,23)(H,22,24). The highest BCUT2D eigenvalue weighted by molar-refractivity contribution is 5.80. The zero-order chi connectivity index (χ0) is 18.8. The minimum absolute atomic E-state index is 0.127. The Morgan fingerprint density at radius 2 is 1.69 bits per heavy atom. The lowest BCUT2D eigenvalue weighted by atomic mass is 9.99. The Labute approximate surface area is 153 Å². The van der Waals surface area contributed by atoms with Crippen molar-refractivity contribution in [2.24, 2.45) is 0 Å². The average Bonchev–Trinajstić information content (AvgIpc) is 2.69. The third-order valence-electron chi connectivity index (χ3n) is 3.95. The van der Waals surface area contributed by atoms with Crippen molar-refractivity contribution in [2.45, 2.75) is 32.8 Å². The highest BCUT2D eigenvalue weighted by Crippen LogP contribution is 2.21. The predicted octanol–water partition coefficient (Wildman–Crippen LogP) is 3.54. The van der Waals surface area contributed by atoms with Gasteiger partial charge in [-0.1, -0.05) is 56.3 Å². The largest absolute Gasteiger partial charge is 0.484 e. The Hall–Kier alpha value is -3.02. The highest BCUT2D eigenvalue weighted by atomic mass is 16.6. The zero-order valence-electron chi connectivity index (χ0n) is 15.0. The van der Waals surface area contributed by atoms with E-state index in [9.17, 15) is 9.59 Å². The molecule has 6 nitrogen and oxygen atoms in total. The first-order chi connectivity index (χ1) is 12.6. The van der Waals surface area contributed by atoms with E-state index in [1.165, 1.54) is 5.56 Å². The van der Waals surface area contributed by atoms with E-state index in [2.05, 4.69) is 24.7 Å². The van der Waals surface area contributed by atoms with Crippen molar-refractivity contribution in [3.05, 3.63) is 65.7 Å². The Morgan fingerprint density at radius 1 is 1.00 bits per heavy atom. The molecule has 2 amide bonds. The Kier molecular flexibility index (Phi) is 7.49. The van der Waals surface area contributed by atoms with Crippen LogP contribution < -0.4 is 15.6 Å². The number of rotatable bonds is 7. The number of amides is 2. The normalized spacial score (nSPS) is 11.3. The molecule has 1 atom stereocenters. The van der Waals surface area contributed by atoms with Gasteiger partial charge in [-0.3, -0.25) is 10.2 Å². The molecule has 0 fully saturated rings. The lowest BCUT2D eigenvalue weighted by molar-refractivity contribution is -0.124. The second-order valence-electron chi connectivity index (χ2n) is 5.90. The fraction of sp³-hybridized carbons (Fsp3) is 0.300. The van der Waals surface area contributed by atoms with Gasteiger partial charge in [0, 0.05) is 0 Å². The molecule has 2 aromatic carbocycles. The van der Waals surface area contributed by atoms with Crippen LogP contribution in [-0.2, 0) is 16.1 Å². The summed E-state index contributed by atoms with van der Waals surface area (Å²) in [5.74, 6) is 0.602. The molecular formula is C20H24N2O4. The molecule has 0 aliphatic carbocycles. The molecule has 2 rings (SSSR count). The van der Waals surface area contributed by atoms with Crippen LogP contribution in [0.5, 0.6) is 5.75 Å². The fourth-order valence-corrected chi connectivity index (χ4v) is 2.19. The lowest BCUT2D eigenvalue weighted by Crippen LogP contribution is -2.44. The first-order valence-corrected chi connectivity index (χ1v) is 8.56. The summed E-state index contributed by atoms with van der Waals surface area (Å²) in [6.45, 7) is 4.21. The molecule has 0 aromatic heterocycles. The van der Waals surface area contributed by atoms with Gasteiger partial charge in [0.25, 0.3) is 5.91 Å². The summed E-state index contributed by atoms with van der Waals surface area (Å²) in [5.41, 5.74) is 6.51. The quantitative estimate of drug-likeness (QED) is 0.744. The first kappa shape index (κ1) is 19.3. The third-order valence-corrected chi connectivity index (χ3v) is 3.95. The fourth-order valence-electron chi connectivity index (χ4n) is 2.19. The average molecular weight is 356 g/mol. The molecule has 2 N–H and O–H groups in total. The number of carbonyl (C=O) groups is 2. The lowest BCUT2D eigenvalue weighted by Gasteiger charge is -2.11. The number of hydrazine groups is 1. The SMILES string of the molecule is CCC(C)c1ccc(OCC(=O)NNC(=O)OCc2ccccc2)cc1. The van der Waals surface area contributed by atoms with Crippen LogP contribution in [0.3, 0.4) is 0 Å². The van der Waals surface area contributed by atoms with Gasteiger partial charge in [-0.25, -0.2) is 10.2 Å². The molecule has 0 spiro atoms. The Bertz CT molecular complexity index is 702. The van der Waals surface area contributed by atoms with E-state index >= 15 is 0 Å². The monoisotopic (exact) mass is 356 g/mol. The topological polar surface area (TPSA) is 76.7 Å². The number of benzene rings is 2. The van der Waals surface area contributed by atoms with Gasteiger partial charge >= 0.3 is 6.09 Å². The van der Waals surface area contributed by atoms with Crippen LogP contribution in [0.1, 0.15) is 37.3 Å². The number of hydrogen-bond donors (Lipinski definition) is 2. The molecule has 26 heavy (non-hydrogen) atoms. The van der Waals surface area contributed by atoms with Crippen LogP contribution >= 0.6 is 0 Å². The van der Waals surface area contributed by atoms with Crippen LogP contribution in [-0.4, -0.2) is 18.6 Å². The third kappa shape index (κ3) is 6.47. The summed E-state index contributed by atoms with van der Waals surface area (Å²) < 4.78 is 10.4. The second kappa shape index (κ2) is 10.1. The van der Waals surface area contributed by atoms with Crippen molar-refractivity contribution in [2.75, 3.05) is 6.61 Å². The van der Waals surface area contributed by atoms with Crippen LogP contribution in [0.2, 0.25) is 0 Å². The van der Waals surface area contributed by atoms with Gasteiger partial charge in [0.2, 0.25) is 0 Å². The van der Waals surface area contributed by atoms with E-state index < -0.39 is 12.0 Å². The van der Waals surface area contributed by atoms with E-state index in [0.717, 1.165) is 12.0 Å². The Balaban J connectivity index is 1.66. The van der Waals surface area contributed by atoms with Crippen molar-refractivity contribution < 1.29 is 19.1 Å². The van der Waals surface area contributed by atoms with Crippen LogP contribution in [0.15, 0.2) is 54.6 Å². The summed E-state index contributed by atoms with van der Waals surface area (Å²) in [4.78, 5) is 23.2. The second-order valence-corrected chi connectivity index (χ2v) is 5.90. The molecule has 0 saturated carbocycles. The molecule has 0 aliphatic heterocycles. The van der Waals surface area contributed by atoms with Crippen molar-refractivity contribution in [1.82, 2.24) is 10.9 Å². The molecule has 0 aliphatic rings. The summed E-state index contributed by atoms with van der Waals surface area (Å²) >= 11 is 0. The van der Waals surface area contributed by atoms with Gasteiger partial charge in [-0.05, 0) is 35.6 Å². The van der Waals surface area contributed by atoms with Crippen LogP contribution in [0.25, 0.3) is 0 Å². The molecule has 0 bridgehead atoms. The van der Waals surface area contributed by atoms with Crippen molar-refractivity contribution >= 4 is 12.0 Å². The number of carbonyl (C=O) groups excluding carboxylic acids is 2. The molecule has 0 heterocycles. The van der Waals surface area contributed by atoms with E-state index in [1.807, 2.05) is 54.6 Å². The number of nitrogens with one attached hydrogen (secondary N) is 2. The van der Waals surface area contributed by atoms with E-state index in [1.54, 1.807) is 0 Å². The van der Waals surface area contributed by atoms with Gasteiger partial charge < -0.3 is 9.47 Å². The molecule has 0 saturated heterocycles. The first-order valence-electron chi connectivity index (χ1n) is 8.56. The molecule has 1 unspecified atom stereocenters. The molecule has 2 aromatic rings. The van der Waals surface area contributed by atoms with Gasteiger partial charge in [0.05, 0.1) is 0 Å². The predicted molar refractivity (Wildman–Crippen MR) is 98.5 cm³/mol. The maximum atomic E-state index is 11.7. The van der Waals surface area contributed by atoms with E-state index in [4.69, 9.17) is 9.47 Å². The van der Waals surface area contributed by atoms with Gasteiger partial charge in [0.15, 0.2) is 6.61 Å². The maximum Gasteiger partial charge on any atom is 0.426 e. The van der Waals surface area contributed by atoms with Crippen molar-refractivity contribution in [3.63, 3.8) is 0 Å². The summed E-state index contributed by atoms with van der Waals surface area (Å²) in [5, 5.41) is 0. The smallest absolute Gasteiger partial charge is 0.426 e. The number of ether oxygens (including phenoxy) is 2. The number of hydrogen-bond acceptors (Lipinski definition) is 4. The van der Waals surface area contributed by atoms with Crippen LogP contribution in [0, 0.1) is 0 Å². The van der Waals surface area contributed by atoms with Gasteiger partial charge in [-0.2, -0.15) is 0 Å². The van der Waals surface area contributed by atoms with E-state index in [-0.39, 0.29) is 13.2 Å². The van der Waals surface area contributed by atoms with Gasteiger partial charge in [0.1, 0.15) is 12.4 Å². The van der Waals surface area contributed by atoms with Crippen molar-refractivity contribution in [1.29, 1.82) is 0 Å². The molecule has 0 radical (unpaired) electrons. The Morgan fingerprint density at radius 3 is 2.35 bits per heavy atom. The van der Waals surface area contributed by atoms with E-state index in [0.29, 0.717) is 11.7 Å². The molecule has 138 valence electrons. The molecular weight excluding hydrogens is 332 g/mol. The minimum atomic E-state index is -0.736. The minimum Gasteiger partial charge on any atom is -0.484 e. The zero-order valence-corrected chi connectivity index (χ0v) is 15.0. The summed E-state index contributed by atoms with van der Waals surface area (Å²) in [6.07, 6.45) is 0.328.